The van der Waals surface area contributed by atoms with Gasteiger partial charge >= 0.3 is 0 Å². The lowest BCUT2D eigenvalue weighted by atomic mass is 9.95. The zero-order valence-corrected chi connectivity index (χ0v) is 17.7. The van der Waals surface area contributed by atoms with Gasteiger partial charge in [0, 0.05) is 30.7 Å². The van der Waals surface area contributed by atoms with Crippen LogP contribution in [-0.4, -0.2) is 34.6 Å². The summed E-state index contributed by atoms with van der Waals surface area (Å²) in [5.74, 6) is 1.22. The first-order valence-electron chi connectivity index (χ1n) is 10.4. The molecule has 5 nitrogen and oxygen atoms in total. The van der Waals surface area contributed by atoms with E-state index in [1.807, 2.05) is 18.2 Å². The van der Waals surface area contributed by atoms with Crippen LogP contribution in [0.5, 0.6) is 0 Å². The Balaban J connectivity index is 1.36. The molecule has 1 aromatic carbocycles. The van der Waals surface area contributed by atoms with Crippen LogP contribution in [0.25, 0.3) is 16.7 Å². The monoisotopic (exact) mass is 430 g/mol. The molecule has 1 aliphatic heterocycles. The molecule has 1 aromatic heterocycles. The number of benzene rings is 1. The molecule has 1 saturated carbocycles. The number of fused-ring (bicyclic) bond motifs is 1. The van der Waals surface area contributed by atoms with Gasteiger partial charge in [-0.1, -0.05) is 42.1 Å². The van der Waals surface area contributed by atoms with E-state index < -0.39 is 0 Å². The highest BCUT2D eigenvalue weighted by molar-refractivity contribution is 6.42. The molecule has 2 aromatic rings. The molecule has 2 aliphatic carbocycles. The first-order chi connectivity index (χ1) is 14.1. The number of nitrogens with zero attached hydrogens (tertiary/aromatic N) is 3. The number of rotatable bonds is 4. The fourth-order valence-corrected chi connectivity index (χ4v) is 4.90. The minimum Gasteiger partial charge on any atom is -0.353 e. The number of nitrogens with one attached hydrogen (secondary N) is 1. The van der Waals surface area contributed by atoms with Crippen molar-refractivity contribution in [3.05, 3.63) is 40.4 Å². The second-order valence-corrected chi connectivity index (χ2v) is 9.02. The predicted octanol–water partition coefficient (Wildman–Crippen LogP) is 5.03. The largest absolute Gasteiger partial charge is 0.353 e. The van der Waals surface area contributed by atoms with Crippen molar-refractivity contribution >= 4 is 51.8 Å². The average molecular weight is 431 g/mol. The van der Waals surface area contributed by atoms with Gasteiger partial charge in [0.1, 0.15) is 0 Å². The molecule has 0 radical (unpaired) electrons. The van der Waals surface area contributed by atoms with Gasteiger partial charge in [0.15, 0.2) is 0 Å². The molecule has 1 saturated heterocycles. The summed E-state index contributed by atoms with van der Waals surface area (Å²) in [6.45, 7) is 1.62. The van der Waals surface area contributed by atoms with E-state index in [1.165, 1.54) is 12.8 Å². The summed E-state index contributed by atoms with van der Waals surface area (Å²) in [5.41, 5.74) is 2.87. The van der Waals surface area contributed by atoms with E-state index >= 15 is 0 Å². The van der Waals surface area contributed by atoms with Crippen molar-refractivity contribution in [1.29, 1.82) is 0 Å². The van der Waals surface area contributed by atoms with Crippen molar-refractivity contribution in [1.82, 2.24) is 14.9 Å². The van der Waals surface area contributed by atoms with Crippen molar-refractivity contribution in [3.8, 4) is 0 Å². The summed E-state index contributed by atoms with van der Waals surface area (Å²) in [5, 5.41) is 4.30. The Morgan fingerprint density at radius 2 is 1.76 bits per heavy atom. The Kier molecular flexibility index (Phi) is 5.04. The van der Waals surface area contributed by atoms with E-state index in [1.54, 1.807) is 0 Å². The van der Waals surface area contributed by atoms with E-state index in [-0.39, 0.29) is 11.8 Å². The molecule has 29 heavy (non-hydrogen) atoms. The third-order valence-electron chi connectivity index (χ3n) is 6.32. The Bertz CT molecular complexity index is 1010. The second-order valence-electron chi connectivity index (χ2n) is 8.20. The Morgan fingerprint density at radius 1 is 1.07 bits per heavy atom. The van der Waals surface area contributed by atoms with Crippen LogP contribution in [0, 0.1) is 5.92 Å². The number of hydrogen-bond donors (Lipinski definition) is 1. The summed E-state index contributed by atoms with van der Waals surface area (Å²) in [7, 11) is 0. The summed E-state index contributed by atoms with van der Waals surface area (Å²) in [6.07, 6.45) is 12.6. The molecule has 0 spiro atoms. The molecular formula is C22H24Cl2N4O. The third kappa shape index (κ3) is 3.55. The quantitative estimate of drug-likeness (QED) is 0.739. The molecule has 3 aliphatic rings. The van der Waals surface area contributed by atoms with Crippen molar-refractivity contribution in [3.63, 3.8) is 0 Å². The second kappa shape index (κ2) is 7.69. The van der Waals surface area contributed by atoms with E-state index in [0.717, 1.165) is 61.5 Å². The summed E-state index contributed by atoms with van der Waals surface area (Å²) >= 11 is 12.5. The summed E-state index contributed by atoms with van der Waals surface area (Å²) in [4.78, 5) is 19.8. The van der Waals surface area contributed by atoms with E-state index in [9.17, 15) is 4.79 Å². The maximum Gasteiger partial charge on any atom is 0.223 e. The summed E-state index contributed by atoms with van der Waals surface area (Å²) in [6, 6.07) is 4.09. The van der Waals surface area contributed by atoms with Gasteiger partial charge in [-0.2, -0.15) is 0 Å². The predicted molar refractivity (Wildman–Crippen MR) is 119 cm³/mol. The number of halogens is 2. The highest BCUT2D eigenvalue weighted by Gasteiger charge is 2.30. The van der Waals surface area contributed by atoms with Crippen LogP contribution in [0.2, 0.25) is 10.0 Å². The lowest BCUT2D eigenvalue weighted by Crippen LogP contribution is -2.43. The molecule has 0 bridgehead atoms. The van der Waals surface area contributed by atoms with Crippen LogP contribution in [0.4, 0.5) is 5.95 Å². The fraction of sp³-hybridized carbons (Fsp3) is 0.455. The first-order valence-corrected chi connectivity index (χ1v) is 11.2. The van der Waals surface area contributed by atoms with Crippen LogP contribution in [0.3, 0.4) is 0 Å². The molecule has 152 valence electrons. The fourth-order valence-electron chi connectivity index (χ4n) is 4.59. The number of hydrogen-bond acceptors (Lipinski definition) is 3. The Labute approximate surface area is 180 Å². The van der Waals surface area contributed by atoms with Crippen molar-refractivity contribution < 1.29 is 4.79 Å². The maximum absolute atomic E-state index is 12.6. The highest BCUT2D eigenvalue weighted by atomic mass is 35.5. The van der Waals surface area contributed by atoms with E-state index in [4.69, 9.17) is 28.2 Å². The zero-order valence-electron chi connectivity index (χ0n) is 16.2. The zero-order chi connectivity index (χ0) is 20.0. The van der Waals surface area contributed by atoms with Gasteiger partial charge in [0.25, 0.3) is 0 Å². The van der Waals surface area contributed by atoms with Crippen molar-refractivity contribution in [2.45, 2.75) is 44.6 Å². The topological polar surface area (TPSA) is 50.2 Å². The molecular weight excluding hydrogens is 407 g/mol. The number of carbonyl (C=O) groups is 1. The van der Waals surface area contributed by atoms with Crippen molar-refractivity contribution in [2.24, 2.45) is 5.92 Å². The minimum absolute atomic E-state index is 0.0939. The molecule has 2 fully saturated rings. The standard InChI is InChI=1S/C22H24Cl2N4O/c23-17-12-19-20(13-18(17)24)28(16-6-3-7-16)22(26-19)27-10-8-14(9-11-27)21(29)25-15-4-1-2-5-15/h3,6-7,12-15H,1-2,4-5,8-11H2,(H,25,29). The van der Waals surface area contributed by atoms with E-state index in [0.29, 0.717) is 16.1 Å². The Hall–Kier alpha value is -1.98. The van der Waals surface area contributed by atoms with Gasteiger partial charge in [0.2, 0.25) is 11.9 Å². The van der Waals surface area contributed by atoms with Crippen LogP contribution in [0.1, 0.15) is 38.5 Å². The van der Waals surface area contributed by atoms with Gasteiger partial charge in [-0.15, -0.1) is 0 Å². The van der Waals surface area contributed by atoms with Crippen LogP contribution >= 0.6 is 23.2 Å². The smallest absolute Gasteiger partial charge is 0.223 e. The number of aromatic nitrogens is 2. The normalized spacial score (nSPS) is 20.2. The summed E-state index contributed by atoms with van der Waals surface area (Å²) < 4.78 is 2.14. The number of imidazole rings is 1. The van der Waals surface area contributed by atoms with Crippen LogP contribution in [0.15, 0.2) is 30.4 Å². The van der Waals surface area contributed by atoms with E-state index in [2.05, 4.69) is 26.9 Å². The lowest BCUT2D eigenvalue weighted by Gasteiger charge is -2.33. The first kappa shape index (κ1) is 19.0. The number of carbonyl (C=O) groups excluding carboxylic acids is 1. The number of allylic oxidation sites excluding steroid dienone is 4. The molecule has 2 heterocycles. The molecule has 5 rings (SSSR count). The van der Waals surface area contributed by atoms with Crippen molar-refractivity contribution in [2.75, 3.05) is 18.0 Å². The van der Waals surface area contributed by atoms with Gasteiger partial charge in [-0.25, -0.2) is 4.98 Å². The van der Waals surface area contributed by atoms with Gasteiger partial charge in [-0.3, -0.25) is 9.36 Å². The molecule has 0 atom stereocenters. The number of anilines is 1. The highest BCUT2D eigenvalue weighted by Crippen LogP contribution is 2.35. The van der Waals surface area contributed by atoms with Gasteiger partial charge in [0.05, 0.1) is 21.1 Å². The lowest BCUT2D eigenvalue weighted by molar-refractivity contribution is -0.126. The van der Waals surface area contributed by atoms with Crippen LogP contribution < -0.4 is 10.2 Å². The SMILES string of the molecule is O=C(NC1CCCC1)C1CCN(c2nc3cc(Cl)c(Cl)cc3n2C2=CC=C2)CC1. The average Bonchev–Trinajstić information content (AvgIpc) is 3.30. The number of amides is 1. The number of piperidine rings is 1. The van der Waals surface area contributed by atoms with Gasteiger partial charge in [-0.05, 0) is 50.0 Å². The third-order valence-corrected chi connectivity index (χ3v) is 7.04. The maximum atomic E-state index is 12.6. The molecule has 7 heteroatoms. The molecule has 0 unspecified atom stereocenters. The van der Waals surface area contributed by atoms with Gasteiger partial charge < -0.3 is 10.2 Å². The minimum atomic E-state index is 0.0939. The molecule has 1 N–H and O–H groups in total. The molecule has 1 amide bonds. The van der Waals surface area contributed by atoms with Crippen LogP contribution in [-0.2, 0) is 4.79 Å². The Morgan fingerprint density at radius 3 is 2.41 bits per heavy atom.